The second kappa shape index (κ2) is 6.16. The summed E-state index contributed by atoms with van der Waals surface area (Å²) in [6, 6.07) is 6.90. The summed E-state index contributed by atoms with van der Waals surface area (Å²) in [5.74, 6) is -0.198. The highest BCUT2D eigenvalue weighted by atomic mass is 19.1. The van der Waals surface area contributed by atoms with E-state index in [-0.39, 0.29) is 18.0 Å². The average Bonchev–Trinajstić information content (AvgIpc) is 2.90. The standard InChI is InChI=1S/C14H21FN2O/c1-2-17(12-7-4-3-6-11(12)15)13(10-16)14-8-5-9-18-14/h3-4,6-7,13-14H,2,5,8-10,16H2,1H3. The number of nitrogens with two attached hydrogens (primary N) is 1. The van der Waals surface area contributed by atoms with Crippen LogP contribution in [0.2, 0.25) is 0 Å². The third-order valence-corrected chi connectivity index (χ3v) is 3.54. The van der Waals surface area contributed by atoms with Crippen molar-refractivity contribution in [1.82, 2.24) is 0 Å². The molecule has 100 valence electrons. The number of ether oxygens (including phenoxy) is 1. The van der Waals surface area contributed by atoms with Gasteiger partial charge in [0, 0.05) is 19.7 Å². The maximum Gasteiger partial charge on any atom is 0.146 e. The molecular weight excluding hydrogens is 231 g/mol. The van der Waals surface area contributed by atoms with E-state index in [2.05, 4.69) is 0 Å². The molecule has 2 unspecified atom stereocenters. The molecule has 0 saturated carbocycles. The van der Waals surface area contributed by atoms with Crippen LogP contribution in [0.3, 0.4) is 0 Å². The van der Waals surface area contributed by atoms with E-state index in [1.807, 2.05) is 17.9 Å². The summed E-state index contributed by atoms with van der Waals surface area (Å²) in [4.78, 5) is 2.02. The van der Waals surface area contributed by atoms with Gasteiger partial charge >= 0.3 is 0 Å². The molecule has 0 aliphatic carbocycles. The van der Waals surface area contributed by atoms with Crippen LogP contribution in [0.4, 0.5) is 10.1 Å². The maximum atomic E-state index is 13.9. The highest BCUT2D eigenvalue weighted by molar-refractivity contribution is 5.49. The van der Waals surface area contributed by atoms with Crippen LogP contribution in [0.15, 0.2) is 24.3 Å². The normalized spacial score (nSPS) is 20.9. The minimum absolute atomic E-state index is 0.0504. The number of anilines is 1. The number of benzene rings is 1. The first-order chi connectivity index (χ1) is 8.77. The summed E-state index contributed by atoms with van der Waals surface area (Å²) in [5, 5.41) is 0. The van der Waals surface area contributed by atoms with Crippen LogP contribution >= 0.6 is 0 Å². The Balaban J connectivity index is 2.23. The molecule has 0 spiro atoms. The second-order valence-electron chi connectivity index (χ2n) is 4.59. The van der Waals surface area contributed by atoms with Crippen LogP contribution in [0, 0.1) is 5.82 Å². The van der Waals surface area contributed by atoms with E-state index in [1.165, 1.54) is 6.07 Å². The van der Waals surface area contributed by atoms with Gasteiger partial charge in [0.05, 0.1) is 17.8 Å². The molecule has 1 aromatic carbocycles. The molecule has 4 heteroatoms. The lowest BCUT2D eigenvalue weighted by atomic mass is 10.1. The minimum Gasteiger partial charge on any atom is -0.376 e. The van der Waals surface area contributed by atoms with Crippen LogP contribution in [-0.2, 0) is 4.74 Å². The van der Waals surface area contributed by atoms with Crippen molar-refractivity contribution in [2.75, 3.05) is 24.6 Å². The molecule has 0 radical (unpaired) electrons. The Morgan fingerprint density at radius 2 is 2.28 bits per heavy atom. The highest BCUT2D eigenvalue weighted by Crippen LogP contribution is 2.26. The van der Waals surface area contributed by atoms with Gasteiger partial charge in [-0.3, -0.25) is 0 Å². The summed E-state index contributed by atoms with van der Waals surface area (Å²) in [7, 11) is 0. The van der Waals surface area contributed by atoms with Gasteiger partial charge in [-0.05, 0) is 31.9 Å². The molecule has 1 aromatic rings. The number of likely N-dealkylation sites (N-methyl/N-ethyl adjacent to an activating group) is 1. The van der Waals surface area contributed by atoms with E-state index in [1.54, 1.807) is 12.1 Å². The topological polar surface area (TPSA) is 38.5 Å². The SMILES string of the molecule is CCN(c1ccccc1F)C(CN)C1CCCO1. The zero-order valence-electron chi connectivity index (χ0n) is 10.8. The van der Waals surface area contributed by atoms with Gasteiger partial charge in [0.25, 0.3) is 0 Å². The summed E-state index contributed by atoms with van der Waals surface area (Å²) in [5.41, 5.74) is 6.49. The van der Waals surface area contributed by atoms with E-state index in [4.69, 9.17) is 10.5 Å². The van der Waals surface area contributed by atoms with Gasteiger partial charge in [0.2, 0.25) is 0 Å². The van der Waals surface area contributed by atoms with Gasteiger partial charge < -0.3 is 15.4 Å². The number of para-hydroxylation sites is 1. The van der Waals surface area contributed by atoms with Gasteiger partial charge in [-0.1, -0.05) is 12.1 Å². The molecular formula is C14H21FN2O. The summed E-state index contributed by atoms with van der Waals surface area (Å²) < 4.78 is 19.6. The Kier molecular flexibility index (Phi) is 4.55. The number of hydrogen-bond donors (Lipinski definition) is 1. The van der Waals surface area contributed by atoms with Gasteiger partial charge in [-0.25, -0.2) is 4.39 Å². The monoisotopic (exact) mass is 252 g/mol. The Morgan fingerprint density at radius 1 is 1.50 bits per heavy atom. The van der Waals surface area contributed by atoms with E-state index in [9.17, 15) is 4.39 Å². The first-order valence-corrected chi connectivity index (χ1v) is 6.60. The maximum absolute atomic E-state index is 13.9. The summed E-state index contributed by atoms with van der Waals surface area (Å²) >= 11 is 0. The zero-order chi connectivity index (χ0) is 13.0. The smallest absolute Gasteiger partial charge is 0.146 e. The molecule has 3 nitrogen and oxygen atoms in total. The fourth-order valence-corrected chi connectivity index (χ4v) is 2.65. The van der Waals surface area contributed by atoms with Crippen molar-refractivity contribution >= 4 is 5.69 Å². The molecule has 1 fully saturated rings. The first-order valence-electron chi connectivity index (χ1n) is 6.60. The van der Waals surface area contributed by atoms with Crippen LogP contribution < -0.4 is 10.6 Å². The van der Waals surface area contributed by atoms with Crippen molar-refractivity contribution in [2.45, 2.75) is 31.9 Å². The lowest BCUT2D eigenvalue weighted by Crippen LogP contribution is -2.48. The molecule has 1 heterocycles. The van der Waals surface area contributed by atoms with Crippen molar-refractivity contribution in [3.63, 3.8) is 0 Å². The second-order valence-corrected chi connectivity index (χ2v) is 4.59. The van der Waals surface area contributed by atoms with Crippen LogP contribution in [0.5, 0.6) is 0 Å². The van der Waals surface area contributed by atoms with Crippen molar-refractivity contribution < 1.29 is 9.13 Å². The zero-order valence-corrected chi connectivity index (χ0v) is 10.8. The molecule has 0 bridgehead atoms. The molecule has 1 saturated heterocycles. The molecule has 2 atom stereocenters. The van der Waals surface area contributed by atoms with Gasteiger partial charge in [-0.15, -0.1) is 0 Å². The summed E-state index contributed by atoms with van der Waals surface area (Å²) in [6.45, 7) is 4.01. The Bertz CT molecular complexity index is 380. The molecule has 1 aliphatic rings. The number of halogens is 1. The van der Waals surface area contributed by atoms with Crippen LogP contribution in [0.1, 0.15) is 19.8 Å². The van der Waals surface area contributed by atoms with E-state index in [0.717, 1.165) is 26.0 Å². The van der Waals surface area contributed by atoms with Gasteiger partial charge in [0.15, 0.2) is 0 Å². The van der Waals surface area contributed by atoms with Crippen LogP contribution in [-0.4, -0.2) is 31.8 Å². The third-order valence-electron chi connectivity index (χ3n) is 3.54. The van der Waals surface area contributed by atoms with Crippen molar-refractivity contribution in [3.05, 3.63) is 30.1 Å². The van der Waals surface area contributed by atoms with E-state index < -0.39 is 0 Å². The van der Waals surface area contributed by atoms with Crippen molar-refractivity contribution in [3.8, 4) is 0 Å². The molecule has 18 heavy (non-hydrogen) atoms. The number of nitrogens with zero attached hydrogens (tertiary/aromatic N) is 1. The van der Waals surface area contributed by atoms with E-state index >= 15 is 0 Å². The Hall–Kier alpha value is -1.13. The molecule has 2 N–H and O–H groups in total. The molecule has 1 aliphatic heterocycles. The molecule has 2 rings (SSSR count). The predicted molar refractivity (Wildman–Crippen MR) is 71.2 cm³/mol. The Labute approximate surface area is 108 Å². The highest BCUT2D eigenvalue weighted by Gasteiger charge is 2.30. The minimum atomic E-state index is -0.198. The molecule has 0 amide bonds. The predicted octanol–water partition coefficient (Wildman–Crippen LogP) is 2.16. The first kappa shape index (κ1) is 13.3. The molecule has 0 aromatic heterocycles. The van der Waals surface area contributed by atoms with Crippen molar-refractivity contribution in [2.24, 2.45) is 5.73 Å². The lowest BCUT2D eigenvalue weighted by Gasteiger charge is -2.35. The number of rotatable bonds is 5. The summed E-state index contributed by atoms with van der Waals surface area (Å²) in [6.07, 6.45) is 2.19. The van der Waals surface area contributed by atoms with Crippen LogP contribution in [0.25, 0.3) is 0 Å². The third kappa shape index (κ3) is 2.65. The van der Waals surface area contributed by atoms with E-state index in [0.29, 0.717) is 12.2 Å². The quantitative estimate of drug-likeness (QED) is 0.872. The fourth-order valence-electron chi connectivity index (χ4n) is 2.65. The average molecular weight is 252 g/mol. The van der Waals surface area contributed by atoms with Gasteiger partial charge in [0.1, 0.15) is 5.82 Å². The lowest BCUT2D eigenvalue weighted by molar-refractivity contribution is 0.0893. The van der Waals surface area contributed by atoms with Crippen molar-refractivity contribution in [1.29, 1.82) is 0 Å². The largest absolute Gasteiger partial charge is 0.376 e. The fraction of sp³-hybridized carbons (Fsp3) is 0.571. The number of hydrogen-bond acceptors (Lipinski definition) is 3. The Morgan fingerprint density at radius 3 is 2.83 bits per heavy atom. The van der Waals surface area contributed by atoms with Gasteiger partial charge in [-0.2, -0.15) is 0 Å².